The quantitative estimate of drug-likeness (QED) is 0.632. The maximum atomic E-state index is 6.02. The molecule has 2 unspecified atom stereocenters. The van der Waals surface area contributed by atoms with E-state index in [4.69, 9.17) is 15.2 Å². The first-order chi connectivity index (χ1) is 11.7. The lowest BCUT2D eigenvalue weighted by Gasteiger charge is -2.12. The second-order valence-corrected chi connectivity index (χ2v) is 5.93. The maximum Gasteiger partial charge on any atom is 0.193 e. The van der Waals surface area contributed by atoms with Gasteiger partial charge in [0.2, 0.25) is 0 Å². The number of benzene rings is 2. The third kappa shape index (κ3) is 3.79. The highest BCUT2D eigenvalue weighted by atomic mass is 16.5. The predicted octanol–water partition coefficient (Wildman–Crippen LogP) is 3.23. The number of rotatable bonds is 6. The smallest absolute Gasteiger partial charge is 0.193 e. The van der Waals surface area contributed by atoms with E-state index in [9.17, 15) is 0 Å². The Hall–Kier alpha value is -2.69. The molecule has 24 heavy (non-hydrogen) atoms. The maximum absolute atomic E-state index is 6.02. The van der Waals surface area contributed by atoms with Crippen LogP contribution in [0.15, 0.2) is 53.5 Å². The first-order valence-corrected chi connectivity index (χ1v) is 8.05. The molecule has 3 N–H and O–H groups in total. The van der Waals surface area contributed by atoms with Crippen molar-refractivity contribution >= 4 is 11.6 Å². The van der Waals surface area contributed by atoms with Gasteiger partial charge < -0.3 is 20.5 Å². The van der Waals surface area contributed by atoms with Gasteiger partial charge in [0.1, 0.15) is 11.5 Å². The van der Waals surface area contributed by atoms with Crippen LogP contribution < -0.4 is 20.5 Å². The molecule has 1 saturated carbocycles. The summed E-state index contributed by atoms with van der Waals surface area (Å²) in [6, 6.07) is 16.1. The first-order valence-electron chi connectivity index (χ1n) is 8.05. The molecular formula is C19H23N3O2. The molecule has 5 nitrogen and oxygen atoms in total. The van der Waals surface area contributed by atoms with Crippen molar-refractivity contribution in [2.45, 2.75) is 12.3 Å². The van der Waals surface area contributed by atoms with Gasteiger partial charge in [0.05, 0.1) is 19.9 Å². The second-order valence-electron chi connectivity index (χ2n) is 5.93. The summed E-state index contributed by atoms with van der Waals surface area (Å²) in [5, 5.41) is 3.10. The number of methoxy groups -OCH3 is 2. The Kier molecular flexibility index (Phi) is 4.89. The Morgan fingerprint density at radius 3 is 2.67 bits per heavy atom. The summed E-state index contributed by atoms with van der Waals surface area (Å²) in [6.07, 6.45) is 1.17. The van der Waals surface area contributed by atoms with E-state index in [-0.39, 0.29) is 0 Å². The Labute approximate surface area is 142 Å². The van der Waals surface area contributed by atoms with Crippen molar-refractivity contribution in [3.8, 4) is 11.5 Å². The van der Waals surface area contributed by atoms with E-state index >= 15 is 0 Å². The fourth-order valence-corrected chi connectivity index (χ4v) is 2.86. The monoisotopic (exact) mass is 325 g/mol. The fraction of sp³-hybridized carbons (Fsp3) is 0.316. The largest absolute Gasteiger partial charge is 0.497 e. The van der Waals surface area contributed by atoms with Gasteiger partial charge in [0, 0.05) is 12.6 Å². The number of nitrogens with zero attached hydrogens (tertiary/aromatic N) is 1. The number of hydrogen-bond acceptors (Lipinski definition) is 3. The van der Waals surface area contributed by atoms with Crippen LogP contribution in [0.2, 0.25) is 0 Å². The van der Waals surface area contributed by atoms with Crippen molar-refractivity contribution in [3.63, 3.8) is 0 Å². The molecule has 0 spiro atoms. The standard InChI is InChI=1S/C19H23N3O2/c1-23-15-8-9-18(24-2)17(11-15)22-19(20)21-12-14-10-16(14)13-6-4-3-5-7-13/h3-9,11,14,16H,10,12H2,1-2H3,(H3,20,21,22). The summed E-state index contributed by atoms with van der Waals surface area (Å²) >= 11 is 0. The third-order valence-electron chi connectivity index (χ3n) is 4.32. The summed E-state index contributed by atoms with van der Waals surface area (Å²) in [5.74, 6) is 2.99. The van der Waals surface area contributed by atoms with E-state index in [2.05, 4.69) is 34.6 Å². The Balaban J connectivity index is 1.60. The number of nitrogens with two attached hydrogens (primary N) is 1. The topological polar surface area (TPSA) is 68.9 Å². The zero-order chi connectivity index (χ0) is 16.9. The molecule has 1 aliphatic carbocycles. The van der Waals surface area contributed by atoms with Gasteiger partial charge in [-0.1, -0.05) is 30.3 Å². The molecule has 0 bridgehead atoms. The normalized spacial score (nSPS) is 19.7. The van der Waals surface area contributed by atoms with Crippen LogP contribution in [0.25, 0.3) is 0 Å². The molecule has 2 atom stereocenters. The summed E-state index contributed by atoms with van der Waals surface area (Å²) in [6.45, 7) is 0.727. The Bertz CT molecular complexity index is 716. The first kappa shape index (κ1) is 16.2. The minimum atomic E-state index is 0.389. The molecular weight excluding hydrogens is 302 g/mol. The third-order valence-corrected chi connectivity index (χ3v) is 4.32. The highest BCUT2D eigenvalue weighted by Gasteiger charge is 2.37. The molecule has 0 heterocycles. The van der Waals surface area contributed by atoms with Crippen LogP contribution in [0.1, 0.15) is 17.9 Å². The lowest BCUT2D eigenvalue weighted by Crippen LogP contribution is -2.23. The van der Waals surface area contributed by atoms with Gasteiger partial charge in [-0.3, -0.25) is 4.99 Å². The number of guanidine groups is 1. The van der Waals surface area contributed by atoms with E-state index in [1.54, 1.807) is 14.2 Å². The van der Waals surface area contributed by atoms with Crippen LogP contribution in [0, 0.1) is 5.92 Å². The van der Waals surface area contributed by atoms with Crippen LogP contribution in [-0.4, -0.2) is 26.7 Å². The zero-order valence-corrected chi connectivity index (χ0v) is 14.0. The number of hydrogen-bond donors (Lipinski definition) is 2. The fourth-order valence-electron chi connectivity index (χ4n) is 2.86. The number of anilines is 1. The van der Waals surface area contributed by atoms with Crippen molar-refractivity contribution in [2.75, 3.05) is 26.1 Å². The van der Waals surface area contributed by atoms with Gasteiger partial charge in [-0.15, -0.1) is 0 Å². The van der Waals surface area contributed by atoms with Gasteiger partial charge in [0.15, 0.2) is 5.96 Å². The molecule has 1 aliphatic rings. The average molecular weight is 325 g/mol. The van der Waals surface area contributed by atoms with E-state index in [0.717, 1.165) is 18.0 Å². The van der Waals surface area contributed by atoms with Gasteiger partial charge in [0.25, 0.3) is 0 Å². The van der Waals surface area contributed by atoms with Crippen molar-refractivity contribution in [3.05, 3.63) is 54.1 Å². The minimum Gasteiger partial charge on any atom is -0.497 e. The molecule has 0 radical (unpaired) electrons. The lowest BCUT2D eigenvalue weighted by atomic mass is 10.1. The molecule has 2 aromatic rings. The number of aliphatic imine (C=N–C) groups is 1. The van der Waals surface area contributed by atoms with Crippen LogP contribution in [0.4, 0.5) is 5.69 Å². The highest BCUT2D eigenvalue weighted by molar-refractivity contribution is 5.94. The summed E-state index contributed by atoms with van der Waals surface area (Å²) in [7, 11) is 3.24. The van der Waals surface area contributed by atoms with Crippen molar-refractivity contribution in [1.82, 2.24) is 0 Å². The van der Waals surface area contributed by atoms with Crippen molar-refractivity contribution in [2.24, 2.45) is 16.6 Å². The van der Waals surface area contributed by atoms with Crippen LogP contribution >= 0.6 is 0 Å². The Morgan fingerprint density at radius 1 is 1.17 bits per heavy atom. The van der Waals surface area contributed by atoms with E-state index < -0.39 is 0 Å². The van der Waals surface area contributed by atoms with Gasteiger partial charge >= 0.3 is 0 Å². The Morgan fingerprint density at radius 2 is 1.96 bits per heavy atom. The molecule has 126 valence electrons. The summed E-state index contributed by atoms with van der Waals surface area (Å²) < 4.78 is 10.6. The van der Waals surface area contributed by atoms with Crippen molar-refractivity contribution in [1.29, 1.82) is 0 Å². The van der Waals surface area contributed by atoms with E-state index in [0.29, 0.717) is 23.5 Å². The van der Waals surface area contributed by atoms with Crippen LogP contribution in [0.5, 0.6) is 11.5 Å². The van der Waals surface area contributed by atoms with Gasteiger partial charge in [-0.05, 0) is 36.0 Å². The SMILES string of the molecule is COc1ccc(OC)c(NC(N)=NCC2CC2c2ccccc2)c1. The molecule has 1 fully saturated rings. The van der Waals surface area contributed by atoms with E-state index in [1.807, 2.05) is 24.3 Å². The minimum absolute atomic E-state index is 0.389. The lowest BCUT2D eigenvalue weighted by molar-refractivity contribution is 0.405. The molecule has 2 aromatic carbocycles. The molecule has 0 aliphatic heterocycles. The molecule has 0 amide bonds. The van der Waals surface area contributed by atoms with Crippen LogP contribution in [-0.2, 0) is 0 Å². The van der Waals surface area contributed by atoms with Crippen LogP contribution in [0.3, 0.4) is 0 Å². The summed E-state index contributed by atoms with van der Waals surface area (Å²) in [5.41, 5.74) is 8.16. The molecule has 5 heteroatoms. The van der Waals surface area contributed by atoms with Crippen molar-refractivity contribution < 1.29 is 9.47 Å². The molecule has 3 rings (SSSR count). The van der Waals surface area contributed by atoms with Gasteiger partial charge in [-0.25, -0.2) is 0 Å². The van der Waals surface area contributed by atoms with Gasteiger partial charge in [-0.2, -0.15) is 0 Å². The number of nitrogens with one attached hydrogen (secondary N) is 1. The van der Waals surface area contributed by atoms with E-state index in [1.165, 1.54) is 12.0 Å². The average Bonchev–Trinajstić information content (AvgIpc) is 3.40. The molecule has 0 saturated heterocycles. The molecule has 0 aromatic heterocycles. The number of ether oxygens (including phenoxy) is 2. The zero-order valence-electron chi connectivity index (χ0n) is 14.0. The second kappa shape index (κ2) is 7.25. The summed E-state index contributed by atoms with van der Waals surface area (Å²) in [4.78, 5) is 4.48. The highest BCUT2D eigenvalue weighted by Crippen LogP contribution is 2.47. The predicted molar refractivity (Wildman–Crippen MR) is 96.9 cm³/mol.